The average molecular weight is 311 g/mol. The lowest BCUT2D eigenvalue weighted by atomic mass is 9.82. The molecule has 0 saturated heterocycles. The number of hydrogen-bond acceptors (Lipinski definition) is 5. The minimum absolute atomic E-state index is 0.263. The van der Waals surface area contributed by atoms with E-state index in [4.69, 9.17) is 5.73 Å². The fraction of sp³-hybridized carbons (Fsp3) is 0.222. The van der Waals surface area contributed by atoms with Crippen LogP contribution in [0, 0.1) is 0 Å². The highest BCUT2D eigenvalue weighted by Crippen LogP contribution is 2.35. The van der Waals surface area contributed by atoms with Gasteiger partial charge < -0.3 is 15.9 Å². The first kappa shape index (κ1) is 15.6. The molecule has 0 amide bonds. The summed E-state index contributed by atoms with van der Waals surface area (Å²) >= 11 is 0. The summed E-state index contributed by atoms with van der Waals surface area (Å²) < 4.78 is 0. The minimum atomic E-state index is -1.09. The van der Waals surface area contributed by atoms with Crippen LogP contribution in [0.4, 0.5) is 0 Å². The van der Waals surface area contributed by atoms with Crippen LogP contribution in [0.5, 0.6) is 0 Å². The summed E-state index contributed by atoms with van der Waals surface area (Å²) in [6.07, 6.45) is -1.80. The van der Waals surface area contributed by atoms with Crippen LogP contribution in [0.25, 0.3) is 11.1 Å². The standard InChI is InChI=1S/C18H17NO4/c19-8-7-15(20)16(21)10-5-6-13-14(9-10)11-3-1-2-4-12(11)17(22)18(13)23/h1-6,9,15-16,20-21H,7-8,19H2. The van der Waals surface area contributed by atoms with E-state index in [1.807, 2.05) is 0 Å². The molecule has 1 aliphatic rings. The predicted octanol–water partition coefficient (Wildman–Crippen LogP) is 1.48. The predicted molar refractivity (Wildman–Crippen MR) is 85.2 cm³/mol. The number of aliphatic hydroxyl groups is 2. The maximum Gasteiger partial charge on any atom is 0.234 e. The Hall–Kier alpha value is -2.34. The summed E-state index contributed by atoms with van der Waals surface area (Å²) in [7, 11) is 0. The summed E-state index contributed by atoms with van der Waals surface area (Å²) in [4.78, 5) is 24.4. The molecule has 5 nitrogen and oxygen atoms in total. The van der Waals surface area contributed by atoms with Gasteiger partial charge in [-0.1, -0.05) is 30.3 Å². The molecule has 2 atom stereocenters. The second kappa shape index (κ2) is 6.04. The lowest BCUT2D eigenvalue weighted by Gasteiger charge is -2.22. The summed E-state index contributed by atoms with van der Waals surface area (Å²) in [6.45, 7) is 0.263. The second-order valence-corrected chi connectivity index (χ2v) is 5.60. The van der Waals surface area contributed by atoms with Gasteiger partial charge in [0.2, 0.25) is 11.6 Å². The molecule has 1 aliphatic carbocycles. The summed E-state index contributed by atoms with van der Waals surface area (Å²) in [5.41, 5.74) is 7.83. The van der Waals surface area contributed by atoms with Gasteiger partial charge in [-0.3, -0.25) is 9.59 Å². The molecule has 5 heteroatoms. The summed E-state index contributed by atoms with van der Waals surface area (Å²) in [6, 6.07) is 11.6. The van der Waals surface area contributed by atoms with Crippen molar-refractivity contribution < 1.29 is 19.8 Å². The number of carbonyl (C=O) groups excluding carboxylic acids is 2. The second-order valence-electron chi connectivity index (χ2n) is 5.60. The number of hydrogen-bond donors (Lipinski definition) is 3. The molecule has 0 saturated carbocycles. The first-order valence-corrected chi connectivity index (χ1v) is 7.43. The molecule has 2 aromatic rings. The smallest absolute Gasteiger partial charge is 0.234 e. The highest BCUT2D eigenvalue weighted by atomic mass is 16.3. The zero-order valence-electron chi connectivity index (χ0n) is 12.4. The maximum absolute atomic E-state index is 12.2. The van der Waals surface area contributed by atoms with Crippen molar-refractivity contribution in [3.05, 3.63) is 59.2 Å². The minimum Gasteiger partial charge on any atom is -0.390 e. The van der Waals surface area contributed by atoms with E-state index >= 15 is 0 Å². The van der Waals surface area contributed by atoms with Crippen LogP contribution in [-0.2, 0) is 0 Å². The number of carbonyl (C=O) groups is 2. The Balaban J connectivity index is 2.10. The van der Waals surface area contributed by atoms with Crippen molar-refractivity contribution in [1.29, 1.82) is 0 Å². The lowest BCUT2D eigenvalue weighted by molar-refractivity contribution is 0.0150. The van der Waals surface area contributed by atoms with Gasteiger partial charge in [-0.2, -0.15) is 0 Å². The van der Waals surface area contributed by atoms with Crippen LogP contribution in [-0.4, -0.2) is 34.4 Å². The number of Topliss-reactive ketones (excluding diaryl/α,β-unsaturated/α-hetero) is 2. The number of nitrogens with two attached hydrogens (primary N) is 1. The van der Waals surface area contributed by atoms with Crippen LogP contribution in [0.1, 0.15) is 38.8 Å². The van der Waals surface area contributed by atoms with E-state index in [0.717, 1.165) is 0 Å². The van der Waals surface area contributed by atoms with Crippen LogP contribution < -0.4 is 5.73 Å². The first-order chi connectivity index (χ1) is 11.0. The van der Waals surface area contributed by atoms with E-state index in [1.54, 1.807) is 36.4 Å². The van der Waals surface area contributed by atoms with E-state index in [0.29, 0.717) is 27.8 Å². The highest BCUT2D eigenvalue weighted by molar-refractivity contribution is 6.52. The van der Waals surface area contributed by atoms with Crippen molar-refractivity contribution in [3.63, 3.8) is 0 Å². The molecule has 0 fully saturated rings. The normalized spacial score (nSPS) is 15.8. The molecule has 2 unspecified atom stereocenters. The summed E-state index contributed by atoms with van der Waals surface area (Å²) in [5.74, 6) is -1.08. The number of benzene rings is 2. The zero-order chi connectivity index (χ0) is 16.6. The van der Waals surface area contributed by atoms with Gasteiger partial charge in [0, 0.05) is 11.1 Å². The van der Waals surface area contributed by atoms with Crippen molar-refractivity contribution in [2.75, 3.05) is 6.54 Å². The molecule has 23 heavy (non-hydrogen) atoms. The Kier molecular flexibility index (Phi) is 4.09. The molecule has 0 spiro atoms. The molecular weight excluding hydrogens is 294 g/mol. The Morgan fingerprint density at radius 3 is 2.13 bits per heavy atom. The molecule has 0 bridgehead atoms. The third-order valence-corrected chi connectivity index (χ3v) is 4.12. The fourth-order valence-corrected chi connectivity index (χ4v) is 2.88. The summed E-state index contributed by atoms with van der Waals surface area (Å²) in [5, 5.41) is 20.1. The van der Waals surface area contributed by atoms with Crippen LogP contribution in [0.2, 0.25) is 0 Å². The van der Waals surface area contributed by atoms with E-state index in [2.05, 4.69) is 0 Å². The molecular formula is C18H17NO4. The van der Waals surface area contributed by atoms with E-state index in [-0.39, 0.29) is 13.0 Å². The molecule has 0 heterocycles. The zero-order valence-corrected chi connectivity index (χ0v) is 12.4. The van der Waals surface area contributed by atoms with E-state index in [1.165, 1.54) is 6.07 Å². The number of aliphatic hydroxyl groups excluding tert-OH is 2. The molecule has 0 radical (unpaired) electrons. The topological polar surface area (TPSA) is 101 Å². The van der Waals surface area contributed by atoms with Crippen molar-refractivity contribution in [2.24, 2.45) is 5.73 Å². The Morgan fingerprint density at radius 2 is 1.48 bits per heavy atom. The van der Waals surface area contributed by atoms with E-state index in [9.17, 15) is 19.8 Å². The van der Waals surface area contributed by atoms with Gasteiger partial charge in [-0.25, -0.2) is 0 Å². The average Bonchev–Trinajstić information content (AvgIpc) is 2.58. The molecule has 2 aromatic carbocycles. The van der Waals surface area contributed by atoms with Gasteiger partial charge in [0.15, 0.2) is 0 Å². The quantitative estimate of drug-likeness (QED) is 0.742. The van der Waals surface area contributed by atoms with Gasteiger partial charge in [0.1, 0.15) is 6.10 Å². The van der Waals surface area contributed by atoms with E-state index < -0.39 is 23.8 Å². The fourth-order valence-electron chi connectivity index (χ4n) is 2.88. The third kappa shape index (κ3) is 2.59. The maximum atomic E-state index is 12.2. The highest BCUT2D eigenvalue weighted by Gasteiger charge is 2.31. The molecule has 0 aliphatic heterocycles. The molecule has 4 N–H and O–H groups in total. The Morgan fingerprint density at radius 1 is 0.870 bits per heavy atom. The Labute approximate surface area is 133 Å². The van der Waals surface area contributed by atoms with Crippen molar-refractivity contribution in [1.82, 2.24) is 0 Å². The molecule has 118 valence electrons. The number of fused-ring (bicyclic) bond motifs is 3. The SMILES string of the molecule is NCCC(O)C(O)c1ccc2c(c1)-c1ccccc1C(=O)C2=O. The van der Waals surface area contributed by atoms with Gasteiger partial charge in [0.05, 0.1) is 6.10 Å². The third-order valence-electron chi connectivity index (χ3n) is 4.12. The van der Waals surface area contributed by atoms with Gasteiger partial charge in [-0.15, -0.1) is 0 Å². The van der Waals surface area contributed by atoms with Crippen molar-refractivity contribution in [3.8, 4) is 11.1 Å². The molecule has 3 rings (SSSR count). The van der Waals surface area contributed by atoms with Crippen molar-refractivity contribution >= 4 is 11.6 Å². The van der Waals surface area contributed by atoms with Crippen LogP contribution in [0.3, 0.4) is 0 Å². The Bertz CT molecular complexity index is 784. The first-order valence-electron chi connectivity index (χ1n) is 7.43. The number of ketones is 2. The number of rotatable bonds is 4. The van der Waals surface area contributed by atoms with Gasteiger partial charge in [-0.05, 0) is 41.8 Å². The van der Waals surface area contributed by atoms with Crippen LogP contribution >= 0.6 is 0 Å². The van der Waals surface area contributed by atoms with Gasteiger partial charge >= 0.3 is 0 Å². The monoisotopic (exact) mass is 311 g/mol. The molecule has 0 aromatic heterocycles. The lowest BCUT2D eigenvalue weighted by Crippen LogP contribution is -2.23. The largest absolute Gasteiger partial charge is 0.390 e. The van der Waals surface area contributed by atoms with Gasteiger partial charge in [0.25, 0.3) is 0 Å². The van der Waals surface area contributed by atoms with Crippen molar-refractivity contribution in [2.45, 2.75) is 18.6 Å². The van der Waals surface area contributed by atoms with Crippen LogP contribution in [0.15, 0.2) is 42.5 Å².